The molecule has 7 nitrogen and oxygen atoms in total. The van der Waals surface area contributed by atoms with Crippen molar-refractivity contribution < 1.29 is 13.9 Å². The number of nitrogens with two attached hydrogens (primary N) is 1. The van der Waals surface area contributed by atoms with Crippen molar-refractivity contribution in [2.45, 2.75) is 48.5 Å². The summed E-state index contributed by atoms with van der Waals surface area (Å²) >= 11 is 0. The smallest absolute Gasteiger partial charge is 0.302 e. The normalized spacial score (nSPS) is 10.6. The molecule has 0 amide bonds. The first kappa shape index (κ1) is 35.5. The minimum absolute atomic E-state index is 0.197. The van der Waals surface area contributed by atoms with Crippen LogP contribution in [0.3, 0.4) is 0 Å². The highest BCUT2D eigenvalue weighted by molar-refractivity contribution is 6.02. The first-order chi connectivity index (χ1) is 20.9. The summed E-state index contributed by atoms with van der Waals surface area (Å²) < 4.78 is 13.7. The molecule has 2 aromatic rings. The average Bonchev–Trinajstić information content (AvgIpc) is 3.04. The number of esters is 1. The maximum Gasteiger partial charge on any atom is 0.302 e. The van der Waals surface area contributed by atoms with Gasteiger partial charge in [0.15, 0.2) is 0 Å². The van der Waals surface area contributed by atoms with E-state index >= 15 is 0 Å². The second-order valence-corrected chi connectivity index (χ2v) is 9.92. The molecule has 2 N–H and O–H groups in total. The van der Waals surface area contributed by atoms with Crippen molar-refractivity contribution in [3.63, 3.8) is 0 Å². The van der Waals surface area contributed by atoms with E-state index in [1.807, 2.05) is 0 Å². The molecule has 234 valence electrons. The van der Waals surface area contributed by atoms with E-state index in [0.29, 0.717) is 6.61 Å². The Balaban J connectivity index is 0.000000422. The fourth-order valence-electron chi connectivity index (χ4n) is 5.21. The summed E-state index contributed by atoms with van der Waals surface area (Å²) in [6.07, 6.45) is 0. The van der Waals surface area contributed by atoms with Crippen molar-refractivity contribution in [2.75, 3.05) is 64.4 Å². The average molecular weight is 590 g/mol. The number of anilines is 1. The number of carbonyl (C=O) groups is 1. The van der Waals surface area contributed by atoms with Crippen LogP contribution in [0.2, 0.25) is 0 Å². The summed E-state index contributed by atoms with van der Waals surface area (Å²) in [4.78, 5) is 14.9. The van der Waals surface area contributed by atoms with Gasteiger partial charge in [0.25, 0.3) is 0 Å². The van der Waals surface area contributed by atoms with Gasteiger partial charge in [0, 0.05) is 60.9 Å². The largest absolute Gasteiger partial charge is 0.465 e. The molecule has 0 radical (unpaired) electrons. The Labute approximate surface area is 258 Å². The lowest BCUT2D eigenvalue weighted by Gasteiger charge is -2.22. The standard InChI is InChI=1S/C27H31N2O.C8H17NO2.CH5N/c1-5-28(6-2)21-14-16-23-25(18-21)30-26-19-22(29(7-3)8-4)15-17-24(26)27(23)20-12-10-9-11-13-20;1-4-9(5-2)6-7-11-8(3)10;1-2/h9-19H,5-8H2,1-4H3;4-7H2,1-3H3;2H2,1H3/q+1;;. The van der Waals surface area contributed by atoms with Gasteiger partial charge < -0.3 is 24.7 Å². The van der Waals surface area contributed by atoms with Crippen LogP contribution in [0.25, 0.3) is 33.4 Å². The topological polar surface area (TPSA) is 75.0 Å². The summed E-state index contributed by atoms with van der Waals surface area (Å²) in [5.74, 6) is 0.736. The number of ether oxygens (including phenoxy) is 1. The molecular weight excluding hydrogens is 536 g/mol. The molecular formula is C36H53N4O3+. The highest BCUT2D eigenvalue weighted by Gasteiger charge is 2.19. The van der Waals surface area contributed by atoms with Gasteiger partial charge in [-0.25, -0.2) is 4.58 Å². The van der Waals surface area contributed by atoms with Gasteiger partial charge in [-0.15, -0.1) is 0 Å². The van der Waals surface area contributed by atoms with Crippen LogP contribution in [0.4, 0.5) is 5.69 Å². The van der Waals surface area contributed by atoms with E-state index in [1.165, 1.54) is 36.1 Å². The van der Waals surface area contributed by atoms with Crippen LogP contribution in [0, 0.1) is 0 Å². The Hall–Kier alpha value is -3.68. The zero-order valence-electron chi connectivity index (χ0n) is 27.7. The summed E-state index contributed by atoms with van der Waals surface area (Å²) in [6, 6.07) is 23.9. The molecule has 1 heterocycles. The second-order valence-electron chi connectivity index (χ2n) is 9.92. The van der Waals surface area contributed by atoms with Gasteiger partial charge in [-0.3, -0.25) is 4.79 Å². The third-order valence-electron chi connectivity index (χ3n) is 7.62. The number of fused-ring (bicyclic) bond motifs is 2. The molecule has 2 aliphatic rings. The molecule has 0 atom stereocenters. The summed E-state index contributed by atoms with van der Waals surface area (Å²) in [5.41, 5.74) is 10.2. The molecule has 43 heavy (non-hydrogen) atoms. The van der Waals surface area contributed by atoms with E-state index in [1.54, 1.807) is 0 Å². The molecule has 0 unspecified atom stereocenters. The van der Waals surface area contributed by atoms with Gasteiger partial charge in [0.2, 0.25) is 5.36 Å². The van der Waals surface area contributed by atoms with Gasteiger partial charge >= 0.3 is 5.97 Å². The number of carbonyl (C=O) groups excluding carboxylic acids is 1. The fourth-order valence-corrected chi connectivity index (χ4v) is 5.21. The maximum absolute atomic E-state index is 10.4. The second kappa shape index (κ2) is 18.8. The first-order valence-electron chi connectivity index (χ1n) is 15.7. The molecule has 0 saturated heterocycles. The van der Waals surface area contributed by atoms with E-state index < -0.39 is 0 Å². The highest BCUT2D eigenvalue weighted by Crippen LogP contribution is 2.40. The Kier molecular flexibility index (Phi) is 15.5. The Morgan fingerprint density at radius 2 is 1.49 bits per heavy atom. The number of hydrogen-bond acceptors (Lipinski definition) is 6. The third kappa shape index (κ3) is 9.66. The van der Waals surface area contributed by atoms with Crippen molar-refractivity contribution in [3.05, 3.63) is 72.1 Å². The number of rotatable bonds is 11. The molecule has 0 aromatic heterocycles. The van der Waals surface area contributed by atoms with Gasteiger partial charge in [-0.2, -0.15) is 0 Å². The Bertz CT molecular complexity index is 1420. The summed E-state index contributed by atoms with van der Waals surface area (Å²) in [5, 5.41) is 2.36. The number of nitrogens with zero attached hydrogens (tertiary/aromatic N) is 3. The van der Waals surface area contributed by atoms with E-state index in [4.69, 9.17) is 9.15 Å². The first-order valence-corrected chi connectivity index (χ1v) is 15.7. The zero-order chi connectivity index (χ0) is 31.8. The van der Waals surface area contributed by atoms with Crippen LogP contribution < -0.4 is 20.6 Å². The molecule has 0 fully saturated rings. The molecule has 4 rings (SSSR count). The maximum atomic E-state index is 10.4. The minimum Gasteiger partial charge on any atom is -0.465 e. The molecule has 1 aliphatic carbocycles. The fraction of sp³-hybridized carbons (Fsp3) is 0.444. The lowest BCUT2D eigenvalue weighted by molar-refractivity contribution is -0.141. The van der Waals surface area contributed by atoms with Crippen LogP contribution in [0.5, 0.6) is 0 Å². The minimum atomic E-state index is -0.197. The number of benzene rings is 3. The number of hydrogen-bond donors (Lipinski definition) is 1. The quantitative estimate of drug-likeness (QED) is 0.125. The molecule has 1 aliphatic heterocycles. The highest BCUT2D eigenvalue weighted by atomic mass is 16.5. The third-order valence-corrected chi connectivity index (χ3v) is 7.62. The van der Waals surface area contributed by atoms with Crippen molar-refractivity contribution >= 4 is 22.6 Å². The van der Waals surface area contributed by atoms with E-state index in [0.717, 1.165) is 68.1 Å². The van der Waals surface area contributed by atoms with E-state index in [-0.39, 0.29) is 5.97 Å². The molecule has 0 bridgehead atoms. The van der Waals surface area contributed by atoms with Crippen molar-refractivity contribution in [1.82, 2.24) is 9.48 Å². The van der Waals surface area contributed by atoms with Crippen molar-refractivity contribution in [1.29, 1.82) is 0 Å². The monoisotopic (exact) mass is 589 g/mol. The summed E-state index contributed by atoms with van der Waals surface area (Å²) in [6.45, 7) is 21.7. The van der Waals surface area contributed by atoms with Crippen molar-refractivity contribution in [2.24, 2.45) is 5.73 Å². The lowest BCUT2D eigenvalue weighted by atomic mass is 9.93. The van der Waals surface area contributed by atoms with Gasteiger partial charge in [-0.1, -0.05) is 44.2 Å². The van der Waals surface area contributed by atoms with E-state index in [9.17, 15) is 4.79 Å². The van der Waals surface area contributed by atoms with E-state index in [2.05, 4.69) is 128 Å². The predicted octanol–water partition coefficient (Wildman–Crippen LogP) is 6.33. The molecule has 0 saturated carbocycles. The van der Waals surface area contributed by atoms with Crippen LogP contribution in [-0.2, 0) is 9.53 Å². The SMILES string of the molecule is CCN(CC)CCOC(C)=O.CCN(CC)c1ccc2c(-c3ccccc3)c3ccc(=[N+](CC)CC)cc-3oc2c1.CN. The predicted molar refractivity (Wildman–Crippen MR) is 183 cm³/mol. The van der Waals surface area contributed by atoms with Crippen LogP contribution in [0.1, 0.15) is 48.5 Å². The summed E-state index contributed by atoms with van der Waals surface area (Å²) in [7, 11) is 1.50. The Morgan fingerprint density at radius 1 is 0.837 bits per heavy atom. The zero-order valence-corrected chi connectivity index (χ0v) is 27.7. The number of likely N-dealkylation sites (N-methyl/N-ethyl adjacent to an activating group) is 1. The molecule has 2 aromatic carbocycles. The lowest BCUT2D eigenvalue weighted by Crippen LogP contribution is -2.29. The molecule has 7 heteroatoms. The van der Waals surface area contributed by atoms with Crippen LogP contribution in [-0.4, -0.2) is 70.3 Å². The van der Waals surface area contributed by atoms with Gasteiger partial charge in [-0.05, 0) is 71.6 Å². The van der Waals surface area contributed by atoms with Gasteiger partial charge in [0.05, 0.1) is 6.07 Å². The Morgan fingerprint density at radius 3 is 2.05 bits per heavy atom. The van der Waals surface area contributed by atoms with Crippen LogP contribution >= 0.6 is 0 Å². The van der Waals surface area contributed by atoms with Crippen molar-refractivity contribution in [3.8, 4) is 22.5 Å². The molecule has 0 spiro atoms. The van der Waals surface area contributed by atoms with Gasteiger partial charge in [0.1, 0.15) is 31.0 Å². The van der Waals surface area contributed by atoms with Crippen LogP contribution in [0.15, 0.2) is 71.1 Å².